The van der Waals surface area contributed by atoms with Crippen LogP contribution in [0.5, 0.6) is 0 Å². The topological polar surface area (TPSA) is 77.8 Å². The molecule has 3 heterocycles. The molecule has 0 aliphatic carbocycles. The lowest BCUT2D eigenvalue weighted by Crippen LogP contribution is -1.90. The van der Waals surface area contributed by atoms with Crippen LogP contribution in [0.2, 0.25) is 0 Å². The zero-order valence-electron chi connectivity index (χ0n) is 9.81. The molecule has 0 saturated carbocycles. The Labute approximate surface area is 117 Å². The van der Waals surface area contributed by atoms with E-state index in [0.717, 1.165) is 10.5 Å². The third-order valence-electron chi connectivity index (χ3n) is 2.41. The average molecular weight is 290 g/mol. The Bertz CT molecular complexity index is 666. The number of anilines is 1. The van der Waals surface area contributed by atoms with Crippen molar-refractivity contribution in [2.24, 2.45) is 0 Å². The van der Waals surface area contributed by atoms with Crippen molar-refractivity contribution in [3.63, 3.8) is 0 Å². The first-order valence-corrected chi connectivity index (χ1v) is 7.43. The van der Waals surface area contributed by atoms with Crippen molar-refractivity contribution < 1.29 is 4.52 Å². The van der Waals surface area contributed by atoms with Gasteiger partial charge >= 0.3 is 0 Å². The third kappa shape index (κ3) is 2.77. The van der Waals surface area contributed by atoms with Crippen molar-refractivity contribution in [2.45, 2.75) is 10.6 Å². The summed E-state index contributed by atoms with van der Waals surface area (Å²) in [6, 6.07) is 3.84. The minimum absolute atomic E-state index is 0.586. The number of nitrogens with two attached hydrogens (primary N) is 1. The van der Waals surface area contributed by atoms with Crippen LogP contribution in [0.1, 0.15) is 5.89 Å². The maximum absolute atomic E-state index is 5.82. The van der Waals surface area contributed by atoms with Gasteiger partial charge in [-0.3, -0.25) is 4.98 Å². The highest BCUT2D eigenvalue weighted by molar-refractivity contribution is 7.98. The summed E-state index contributed by atoms with van der Waals surface area (Å²) in [7, 11) is 0. The lowest BCUT2D eigenvalue weighted by Gasteiger charge is -2.01. The van der Waals surface area contributed by atoms with Gasteiger partial charge in [0.1, 0.15) is 0 Å². The molecule has 0 spiro atoms. The van der Waals surface area contributed by atoms with Gasteiger partial charge in [0.25, 0.3) is 0 Å². The first-order valence-electron chi connectivity index (χ1n) is 5.50. The van der Waals surface area contributed by atoms with Crippen molar-refractivity contribution in [3.8, 4) is 11.4 Å². The van der Waals surface area contributed by atoms with E-state index in [1.54, 1.807) is 35.5 Å². The molecular formula is C12H10N4OS2. The molecule has 0 amide bonds. The predicted octanol–water partition coefficient (Wildman–Crippen LogP) is 3.07. The maximum atomic E-state index is 5.82. The zero-order chi connectivity index (χ0) is 13.1. The van der Waals surface area contributed by atoms with Gasteiger partial charge in [-0.25, -0.2) is 0 Å². The van der Waals surface area contributed by atoms with Crippen LogP contribution in [-0.4, -0.2) is 15.1 Å². The quantitative estimate of drug-likeness (QED) is 0.744. The van der Waals surface area contributed by atoms with E-state index >= 15 is 0 Å². The molecule has 5 nitrogen and oxygen atoms in total. The van der Waals surface area contributed by atoms with Gasteiger partial charge in [0.15, 0.2) is 0 Å². The highest BCUT2D eigenvalue weighted by atomic mass is 32.2. The Hall–Kier alpha value is -1.86. The van der Waals surface area contributed by atoms with Gasteiger partial charge in [-0.15, -0.1) is 11.8 Å². The van der Waals surface area contributed by atoms with Gasteiger partial charge in [-0.1, -0.05) is 5.16 Å². The Balaban J connectivity index is 1.70. The van der Waals surface area contributed by atoms with Gasteiger partial charge in [0.2, 0.25) is 11.7 Å². The monoisotopic (exact) mass is 290 g/mol. The first kappa shape index (κ1) is 12.2. The molecule has 0 bridgehead atoms. The highest BCUT2D eigenvalue weighted by Crippen LogP contribution is 2.27. The van der Waals surface area contributed by atoms with Gasteiger partial charge in [0.05, 0.1) is 17.6 Å². The summed E-state index contributed by atoms with van der Waals surface area (Å²) in [6.45, 7) is 0. The molecular weight excluding hydrogens is 280 g/mol. The fourth-order valence-corrected chi connectivity index (χ4v) is 2.89. The Morgan fingerprint density at radius 3 is 3.11 bits per heavy atom. The first-order chi connectivity index (χ1) is 9.33. The number of hydrogen-bond acceptors (Lipinski definition) is 7. The van der Waals surface area contributed by atoms with E-state index < -0.39 is 0 Å². The van der Waals surface area contributed by atoms with Crippen molar-refractivity contribution >= 4 is 28.8 Å². The number of rotatable bonds is 4. The van der Waals surface area contributed by atoms with Crippen molar-refractivity contribution in [1.29, 1.82) is 0 Å². The second-order valence-corrected chi connectivity index (χ2v) is 5.52. The van der Waals surface area contributed by atoms with Crippen molar-refractivity contribution in [2.75, 3.05) is 5.73 Å². The largest absolute Gasteiger partial charge is 0.397 e. The summed E-state index contributed by atoms with van der Waals surface area (Å²) in [5, 5.41) is 7.93. The van der Waals surface area contributed by atoms with Crippen LogP contribution in [0.4, 0.5) is 5.69 Å². The molecule has 0 aromatic carbocycles. The Morgan fingerprint density at radius 2 is 2.32 bits per heavy atom. The third-order valence-corrected chi connectivity index (χ3v) is 4.17. The second kappa shape index (κ2) is 5.41. The molecule has 0 atom stereocenters. The van der Waals surface area contributed by atoms with Gasteiger partial charge in [-0.05, 0) is 17.5 Å². The zero-order valence-corrected chi connectivity index (χ0v) is 11.4. The Morgan fingerprint density at radius 1 is 1.37 bits per heavy atom. The van der Waals surface area contributed by atoms with E-state index in [-0.39, 0.29) is 0 Å². The predicted molar refractivity (Wildman–Crippen MR) is 75.8 cm³/mol. The fraction of sp³-hybridized carbons (Fsp3) is 0.0833. The maximum Gasteiger partial charge on any atom is 0.237 e. The minimum Gasteiger partial charge on any atom is -0.397 e. The van der Waals surface area contributed by atoms with Gasteiger partial charge in [-0.2, -0.15) is 16.3 Å². The molecule has 0 saturated heterocycles. The van der Waals surface area contributed by atoms with Crippen LogP contribution in [0, 0.1) is 0 Å². The van der Waals surface area contributed by atoms with E-state index in [2.05, 4.69) is 15.1 Å². The van der Waals surface area contributed by atoms with Crippen LogP contribution in [0.25, 0.3) is 11.4 Å². The lowest BCUT2D eigenvalue weighted by atomic mass is 10.3. The molecule has 3 aromatic heterocycles. The molecule has 19 heavy (non-hydrogen) atoms. The summed E-state index contributed by atoms with van der Waals surface area (Å²) in [5.74, 6) is 1.80. The second-order valence-electron chi connectivity index (χ2n) is 3.73. The molecule has 3 rings (SSSR count). The van der Waals surface area contributed by atoms with E-state index in [0.29, 0.717) is 23.2 Å². The number of nitrogen functional groups attached to an aromatic ring is 1. The van der Waals surface area contributed by atoms with Gasteiger partial charge in [0, 0.05) is 22.0 Å². The van der Waals surface area contributed by atoms with Crippen molar-refractivity contribution in [1.82, 2.24) is 15.1 Å². The van der Waals surface area contributed by atoms with Crippen LogP contribution >= 0.6 is 23.1 Å². The Kier molecular flexibility index (Phi) is 3.47. The number of pyridine rings is 1. The summed E-state index contributed by atoms with van der Waals surface area (Å²) in [6.07, 6.45) is 3.34. The van der Waals surface area contributed by atoms with E-state index in [1.807, 2.05) is 22.9 Å². The van der Waals surface area contributed by atoms with Crippen LogP contribution < -0.4 is 5.73 Å². The number of aromatic nitrogens is 3. The molecule has 7 heteroatoms. The molecule has 0 unspecified atom stereocenters. The number of thiophene rings is 1. The van der Waals surface area contributed by atoms with Crippen LogP contribution in [0.3, 0.4) is 0 Å². The normalized spacial score (nSPS) is 10.7. The number of nitrogens with zero attached hydrogens (tertiary/aromatic N) is 3. The van der Waals surface area contributed by atoms with E-state index in [1.165, 1.54) is 0 Å². The van der Waals surface area contributed by atoms with E-state index in [9.17, 15) is 0 Å². The summed E-state index contributed by atoms with van der Waals surface area (Å²) in [5.41, 5.74) is 7.46. The van der Waals surface area contributed by atoms with Crippen LogP contribution in [-0.2, 0) is 5.75 Å². The van der Waals surface area contributed by atoms with Crippen LogP contribution in [0.15, 0.2) is 44.7 Å². The molecule has 2 N–H and O–H groups in total. The average Bonchev–Trinajstić information content (AvgIpc) is 3.09. The molecule has 0 aliphatic rings. The minimum atomic E-state index is 0.586. The van der Waals surface area contributed by atoms with Crippen molar-refractivity contribution in [3.05, 3.63) is 41.2 Å². The SMILES string of the molecule is Nc1cnccc1SCc1nc(-c2ccsc2)no1. The summed E-state index contributed by atoms with van der Waals surface area (Å²) < 4.78 is 5.22. The molecule has 0 aliphatic heterocycles. The summed E-state index contributed by atoms with van der Waals surface area (Å²) >= 11 is 3.16. The molecule has 0 radical (unpaired) electrons. The standard InChI is InChI=1S/C12H10N4OS2/c13-9-5-14-3-1-10(9)19-7-11-15-12(16-17-11)8-2-4-18-6-8/h1-6H,7,13H2. The smallest absolute Gasteiger partial charge is 0.237 e. The molecule has 0 fully saturated rings. The van der Waals surface area contributed by atoms with Gasteiger partial charge < -0.3 is 10.3 Å². The number of thioether (sulfide) groups is 1. The van der Waals surface area contributed by atoms with E-state index in [4.69, 9.17) is 10.3 Å². The summed E-state index contributed by atoms with van der Waals surface area (Å²) in [4.78, 5) is 9.26. The lowest BCUT2D eigenvalue weighted by molar-refractivity contribution is 0.391. The fourth-order valence-electron chi connectivity index (χ4n) is 1.49. The molecule has 3 aromatic rings. The number of hydrogen-bond donors (Lipinski definition) is 1. The highest BCUT2D eigenvalue weighted by Gasteiger charge is 2.09. The molecule has 96 valence electrons.